The van der Waals surface area contributed by atoms with Gasteiger partial charge >= 0.3 is 0 Å². The average Bonchev–Trinajstić information content (AvgIpc) is 2.87. The van der Waals surface area contributed by atoms with Crippen LogP contribution < -0.4 is 10.6 Å². The standard InChI is InChI=1S/C13H8Cl2N2O4.C13H11NO2/c14-7-1-4-12(18)9(5-7)13(19)16-11-3-2-8(17(20)21)6-10(11)15;15-12-9-5-4-8-11(12)13(16)14-10-6-2-1-3-7-10/h1-6,18H,(H,16,19);1-9,15H,(H,14,16). The highest BCUT2D eigenvalue weighted by Crippen LogP contribution is 2.28. The summed E-state index contributed by atoms with van der Waals surface area (Å²) < 4.78 is 0. The summed E-state index contributed by atoms with van der Waals surface area (Å²) in [5.41, 5.74) is 0.939. The molecule has 0 aliphatic rings. The van der Waals surface area contributed by atoms with Gasteiger partial charge in [0.2, 0.25) is 0 Å². The fourth-order valence-corrected chi connectivity index (χ4v) is 3.38. The number of rotatable bonds is 5. The van der Waals surface area contributed by atoms with Crippen LogP contribution in [-0.4, -0.2) is 27.0 Å². The Morgan fingerprint density at radius 3 is 2.00 bits per heavy atom. The van der Waals surface area contributed by atoms with Gasteiger partial charge in [-0.05, 0) is 48.5 Å². The summed E-state index contributed by atoms with van der Waals surface area (Å²) in [5, 5.41) is 35.2. The quantitative estimate of drug-likeness (QED) is 0.168. The van der Waals surface area contributed by atoms with Crippen molar-refractivity contribution in [1.29, 1.82) is 0 Å². The molecule has 188 valence electrons. The lowest BCUT2D eigenvalue weighted by Crippen LogP contribution is -2.12. The number of nitrogens with zero attached hydrogens (tertiary/aromatic N) is 1. The Bertz CT molecular complexity index is 1450. The first kappa shape index (κ1) is 27.0. The number of carbonyl (C=O) groups is 2. The van der Waals surface area contributed by atoms with Crippen molar-refractivity contribution in [2.45, 2.75) is 0 Å². The lowest BCUT2D eigenvalue weighted by molar-refractivity contribution is -0.384. The van der Waals surface area contributed by atoms with E-state index in [2.05, 4.69) is 10.6 Å². The molecule has 0 atom stereocenters. The Labute approximate surface area is 221 Å². The number of carbonyl (C=O) groups excluding carboxylic acids is 2. The fourth-order valence-electron chi connectivity index (χ4n) is 2.98. The summed E-state index contributed by atoms with van der Waals surface area (Å²) >= 11 is 11.6. The first-order chi connectivity index (χ1) is 17.7. The summed E-state index contributed by atoms with van der Waals surface area (Å²) in [6.45, 7) is 0. The summed E-state index contributed by atoms with van der Waals surface area (Å²) in [4.78, 5) is 33.8. The largest absolute Gasteiger partial charge is 0.507 e. The second-order valence-corrected chi connectivity index (χ2v) is 8.22. The number of benzene rings is 4. The van der Waals surface area contributed by atoms with Crippen molar-refractivity contribution in [2.75, 3.05) is 10.6 Å². The predicted molar refractivity (Wildman–Crippen MR) is 142 cm³/mol. The van der Waals surface area contributed by atoms with E-state index in [0.29, 0.717) is 5.69 Å². The molecule has 0 aromatic heterocycles. The van der Waals surface area contributed by atoms with E-state index in [1.54, 1.807) is 30.3 Å². The molecule has 4 N–H and O–H groups in total. The zero-order valence-electron chi connectivity index (χ0n) is 18.9. The molecular formula is C26H19Cl2N3O6. The Morgan fingerprint density at radius 2 is 1.35 bits per heavy atom. The number of nitro benzene ring substituents is 1. The van der Waals surface area contributed by atoms with Crippen LogP contribution >= 0.6 is 23.2 Å². The number of para-hydroxylation sites is 2. The number of hydrogen-bond acceptors (Lipinski definition) is 6. The molecule has 37 heavy (non-hydrogen) atoms. The van der Waals surface area contributed by atoms with Crippen molar-refractivity contribution >= 4 is 52.1 Å². The normalized spacial score (nSPS) is 10.0. The third-order valence-electron chi connectivity index (χ3n) is 4.80. The van der Waals surface area contributed by atoms with Crippen LogP contribution in [0.4, 0.5) is 17.1 Å². The summed E-state index contributed by atoms with van der Waals surface area (Å²) in [6.07, 6.45) is 0. The van der Waals surface area contributed by atoms with Gasteiger partial charge in [0.1, 0.15) is 11.5 Å². The molecule has 0 unspecified atom stereocenters. The number of nitrogens with one attached hydrogen (secondary N) is 2. The van der Waals surface area contributed by atoms with E-state index in [9.17, 15) is 29.9 Å². The van der Waals surface area contributed by atoms with Crippen LogP contribution in [0.2, 0.25) is 10.0 Å². The minimum Gasteiger partial charge on any atom is -0.507 e. The van der Waals surface area contributed by atoms with Crippen molar-refractivity contribution in [3.8, 4) is 11.5 Å². The SMILES string of the molecule is O=C(Nc1ccc([N+](=O)[O-])cc1Cl)c1cc(Cl)ccc1O.O=C(Nc1ccccc1)c1ccccc1O. The molecule has 4 aromatic rings. The smallest absolute Gasteiger partial charge is 0.271 e. The predicted octanol–water partition coefficient (Wildman–Crippen LogP) is 6.50. The average molecular weight is 540 g/mol. The number of phenols is 2. The Morgan fingerprint density at radius 1 is 0.730 bits per heavy atom. The number of non-ortho nitro benzene ring substituents is 1. The zero-order chi connectivity index (χ0) is 26.9. The van der Waals surface area contributed by atoms with Crippen molar-refractivity contribution in [2.24, 2.45) is 0 Å². The molecule has 0 spiro atoms. The van der Waals surface area contributed by atoms with E-state index < -0.39 is 10.8 Å². The second-order valence-electron chi connectivity index (χ2n) is 7.37. The van der Waals surface area contributed by atoms with Crippen LogP contribution in [0.15, 0.2) is 91.0 Å². The van der Waals surface area contributed by atoms with Crippen molar-refractivity contribution in [3.05, 3.63) is 122 Å². The van der Waals surface area contributed by atoms with Gasteiger partial charge in [0.15, 0.2) is 0 Å². The van der Waals surface area contributed by atoms with Crippen LogP contribution in [0.5, 0.6) is 11.5 Å². The minimum absolute atomic E-state index is 0.0130. The first-order valence-electron chi connectivity index (χ1n) is 10.5. The Hall–Kier alpha value is -4.60. The van der Waals surface area contributed by atoms with Crippen LogP contribution in [-0.2, 0) is 0 Å². The van der Waals surface area contributed by atoms with Gasteiger partial charge in [-0.1, -0.05) is 53.5 Å². The highest BCUT2D eigenvalue weighted by molar-refractivity contribution is 6.34. The van der Waals surface area contributed by atoms with Crippen molar-refractivity contribution < 1.29 is 24.7 Å². The van der Waals surface area contributed by atoms with Crippen LogP contribution in [0.25, 0.3) is 0 Å². The van der Waals surface area contributed by atoms with E-state index in [-0.39, 0.29) is 50.0 Å². The number of phenolic OH excluding ortho intramolecular Hbond substituents is 2. The van der Waals surface area contributed by atoms with Crippen molar-refractivity contribution in [3.63, 3.8) is 0 Å². The van der Waals surface area contributed by atoms with Crippen molar-refractivity contribution in [1.82, 2.24) is 0 Å². The fraction of sp³-hybridized carbons (Fsp3) is 0. The molecule has 0 saturated carbocycles. The van der Waals surface area contributed by atoms with Gasteiger partial charge in [-0.15, -0.1) is 0 Å². The molecular weight excluding hydrogens is 521 g/mol. The monoisotopic (exact) mass is 539 g/mol. The molecule has 9 nitrogen and oxygen atoms in total. The highest BCUT2D eigenvalue weighted by Gasteiger charge is 2.15. The maximum Gasteiger partial charge on any atom is 0.271 e. The number of halogens is 2. The molecule has 2 amide bonds. The summed E-state index contributed by atoms with van der Waals surface area (Å²) in [5.74, 6) is -1.21. The lowest BCUT2D eigenvalue weighted by Gasteiger charge is -2.08. The number of nitro groups is 1. The molecule has 11 heteroatoms. The van der Waals surface area contributed by atoms with Crippen LogP contribution in [0.1, 0.15) is 20.7 Å². The number of aromatic hydroxyl groups is 2. The number of hydrogen-bond donors (Lipinski definition) is 4. The highest BCUT2D eigenvalue weighted by atomic mass is 35.5. The third kappa shape index (κ3) is 7.44. The van der Waals surface area contributed by atoms with Gasteiger partial charge in [-0.2, -0.15) is 0 Å². The van der Waals surface area contributed by atoms with Gasteiger partial charge in [0, 0.05) is 22.8 Å². The van der Waals surface area contributed by atoms with E-state index in [4.69, 9.17) is 23.2 Å². The number of amides is 2. The van der Waals surface area contributed by atoms with Gasteiger partial charge < -0.3 is 20.8 Å². The molecule has 0 bridgehead atoms. The van der Waals surface area contributed by atoms with E-state index in [0.717, 1.165) is 6.07 Å². The second kappa shape index (κ2) is 12.4. The van der Waals surface area contributed by atoms with E-state index >= 15 is 0 Å². The zero-order valence-corrected chi connectivity index (χ0v) is 20.4. The van der Waals surface area contributed by atoms with Gasteiger partial charge in [-0.3, -0.25) is 19.7 Å². The maximum atomic E-state index is 12.0. The van der Waals surface area contributed by atoms with Gasteiger partial charge in [0.25, 0.3) is 17.5 Å². The number of anilines is 2. The summed E-state index contributed by atoms with van der Waals surface area (Å²) in [7, 11) is 0. The lowest BCUT2D eigenvalue weighted by atomic mass is 10.2. The van der Waals surface area contributed by atoms with Gasteiger partial charge in [0.05, 0.1) is 26.8 Å². The molecule has 0 fully saturated rings. The summed E-state index contributed by atoms with van der Waals surface area (Å²) in [6, 6.07) is 23.2. The molecule has 0 heterocycles. The van der Waals surface area contributed by atoms with Gasteiger partial charge in [-0.25, -0.2) is 0 Å². The Kier molecular flexibility index (Phi) is 9.04. The topological polar surface area (TPSA) is 142 Å². The van der Waals surface area contributed by atoms with Crippen LogP contribution in [0, 0.1) is 10.1 Å². The van der Waals surface area contributed by atoms with E-state index in [1.807, 2.05) is 18.2 Å². The molecule has 0 saturated heterocycles. The maximum absolute atomic E-state index is 12.0. The molecule has 0 aliphatic carbocycles. The molecule has 0 radical (unpaired) electrons. The Balaban J connectivity index is 0.000000213. The molecule has 0 aliphatic heterocycles. The molecule has 4 rings (SSSR count). The van der Waals surface area contributed by atoms with Crippen LogP contribution in [0.3, 0.4) is 0 Å². The molecule has 4 aromatic carbocycles. The van der Waals surface area contributed by atoms with E-state index in [1.165, 1.54) is 36.4 Å². The first-order valence-corrected chi connectivity index (χ1v) is 11.3. The third-order valence-corrected chi connectivity index (χ3v) is 5.34. The minimum atomic E-state index is -0.634.